The molecule has 3 fully saturated rings. The topological polar surface area (TPSA) is 66.5 Å². The van der Waals surface area contributed by atoms with Crippen LogP contribution in [0, 0.1) is 30.6 Å². The standard InChI is InChI=1S/C23H20Br2N2O3/c1-11-5-2-3-8-16(11)26-21(28)12-6-4-7-13(9-12)27-22(29)17-14-10-15(18(17)23(27)30)20(25)19(14)24/h2-9,14-15,17-20H,10H2,1H3,(H,26,28)/t14-,15-,17-,18+,19+,20+/m1/s1. The molecule has 6 atom stereocenters. The number of aryl methyl sites for hydroxylation is 1. The molecule has 1 N–H and O–H groups in total. The van der Waals surface area contributed by atoms with Crippen molar-refractivity contribution in [2.24, 2.45) is 23.7 Å². The Balaban J connectivity index is 1.42. The molecule has 0 unspecified atom stereocenters. The zero-order chi connectivity index (χ0) is 21.2. The van der Waals surface area contributed by atoms with Crippen LogP contribution in [0.2, 0.25) is 0 Å². The lowest BCUT2D eigenvalue weighted by molar-refractivity contribution is -0.123. The molecular weight excluding hydrogens is 512 g/mol. The lowest BCUT2D eigenvalue weighted by Gasteiger charge is -2.28. The Hall–Kier alpha value is -1.99. The lowest BCUT2D eigenvalue weighted by Crippen LogP contribution is -2.37. The van der Waals surface area contributed by atoms with Crippen molar-refractivity contribution in [2.45, 2.75) is 23.0 Å². The molecule has 0 radical (unpaired) electrons. The number of imide groups is 1. The number of hydrogen-bond donors (Lipinski definition) is 1. The van der Waals surface area contributed by atoms with Gasteiger partial charge in [-0.05, 0) is 55.0 Å². The van der Waals surface area contributed by atoms with Gasteiger partial charge in [-0.25, -0.2) is 0 Å². The second kappa shape index (κ2) is 7.31. The predicted octanol–water partition coefficient (Wildman–Crippen LogP) is 4.53. The van der Waals surface area contributed by atoms with Gasteiger partial charge in [0.15, 0.2) is 0 Å². The molecule has 1 saturated heterocycles. The summed E-state index contributed by atoms with van der Waals surface area (Å²) >= 11 is 7.41. The maximum absolute atomic E-state index is 13.2. The van der Waals surface area contributed by atoms with Crippen molar-refractivity contribution in [2.75, 3.05) is 10.2 Å². The number of nitrogens with one attached hydrogen (secondary N) is 1. The fourth-order valence-corrected chi connectivity index (χ4v) is 7.17. The Kier molecular flexibility index (Phi) is 4.86. The maximum atomic E-state index is 13.2. The van der Waals surface area contributed by atoms with Crippen LogP contribution in [0.3, 0.4) is 0 Å². The normalized spacial score (nSPS) is 31.9. The Morgan fingerprint density at radius 1 is 0.967 bits per heavy atom. The third-order valence-corrected chi connectivity index (χ3v) is 9.95. The first-order valence-electron chi connectivity index (χ1n) is 10.0. The maximum Gasteiger partial charge on any atom is 0.255 e. The molecule has 7 heteroatoms. The number of hydrogen-bond acceptors (Lipinski definition) is 3. The molecule has 5 nitrogen and oxygen atoms in total. The number of para-hydroxylation sites is 1. The van der Waals surface area contributed by atoms with Crippen molar-refractivity contribution < 1.29 is 14.4 Å². The summed E-state index contributed by atoms with van der Waals surface area (Å²) in [5.74, 6) is -0.769. The molecule has 154 valence electrons. The van der Waals surface area contributed by atoms with Crippen molar-refractivity contribution in [1.82, 2.24) is 0 Å². The average Bonchev–Trinajstić information content (AvgIpc) is 3.34. The van der Waals surface area contributed by atoms with E-state index in [4.69, 9.17) is 0 Å². The van der Waals surface area contributed by atoms with Gasteiger partial charge in [0.1, 0.15) is 0 Å². The van der Waals surface area contributed by atoms with Gasteiger partial charge in [0.05, 0.1) is 17.5 Å². The van der Waals surface area contributed by atoms with Gasteiger partial charge in [0.2, 0.25) is 11.8 Å². The Morgan fingerprint density at radius 3 is 2.23 bits per heavy atom. The van der Waals surface area contributed by atoms with Crippen molar-refractivity contribution in [3.63, 3.8) is 0 Å². The minimum atomic E-state index is -0.273. The number of benzene rings is 2. The molecule has 0 spiro atoms. The second-order valence-electron chi connectivity index (χ2n) is 8.34. The number of alkyl halides is 2. The van der Waals surface area contributed by atoms with E-state index in [1.165, 1.54) is 4.90 Å². The minimum absolute atomic E-state index is 0.141. The van der Waals surface area contributed by atoms with E-state index in [2.05, 4.69) is 37.2 Å². The van der Waals surface area contributed by atoms with Crippen molar-refractivity contribution in [3.8, 4) is 0 Å². The average molecular weight is 532 g/mol. The van der Waals surface area contributed by atoms with Crippen LogP contribution in [0.1, 0.15) is 22.3 Å². The van der Waals surface area contributed by atoms with Gasteiger partial charge in [-0.2, -0.15) is 0 Å². The minimum Gasteiger partial charge on any atom is -0.322 e. The number of halogens is 2. The molecule has 2 saturated carbocycles. The van der Waals surface area contributed by atoms with Crippen LogP contribution >= 0.6 is 31.9 Å². The fourth-order valence-electron chi connectivity index (χ4n) is 5.30. The van der Waals surface area contributed by atoms with Crippen LogP contribution in [-0.2, 0) is 9.59 Å². The third kappa shape index (κ3) is 2.89. The van der Waals surface area contributed by atoms with Gasteiger partial charge in [0, 0.05) is 20.9 Å². The number of rotatable bonds is 3. The summed E-state index contributed by atoms with van der Waals surface area (Å²) in [6.07, 6.45) is 0.894. The molecule has 30 heavy (non-hydrogen) atoms. The molecular formula is C23H20Br2N2O3. The van der Waals surface area contributed by atoms with Crippen LogP contribution in [0.5, 0.6) is 0 Å². The number of carbonyl (C=O) groups is 3. The third-order valence-electron chi connectivity index (χ3n) is 6.75. The second-order valence-corrected chi connectivity index (χ2v) is 10.4. The molecule has 1 aliphatic heterocycles. The van der Waals surface area contributed by atoms with Crippen LogP contribution in [0.4, 0.5) is 11.4 Å². The first-order chi connectivity index (χ1) is 14.4. The van der Waals surface area contributed by atoms with E-state index in [1.807, 2.05) is 31.2 Å². The molecule has 2 aliphatic carbocycles. The largest absolute Gasteiger partial charge is 0.322 e. The van der Waals surface area contributed by atoms with Crippen molar-refractivity contribution in [3.05, 3.63) is 59.7 Å². The summed E-state index contributed by atoms with van der Waals surface area (Å²) in [6.45, 7) is 1.93. The van der Waals surface area contributed by atoms with E-state index in [9.17, 15) is 14.4 Å². The molecule has 2 bridgehead atoms. The molecule has 1 heterocycles. The van der Waals surface area contributed by atoms with Gasteiger partial charge >= 0.3 is 0 Å². The lowest BCUT2D eigenvalue weighted by atomic mass is 9.81. The Bertz CT molecular complexity index is 1040. The summed E-state index contributed by atoms with van der Waals surface area (Å²) in [6, 6.07) is 14.3. The Labute approximate surface area is 191 Å². The van der Waals surface area contributed by atoms with E-state index in [0.717, 1.165) is 17.7 Å². The van der Waals surface area contributed by atoms with Crippen LogP contribution in [0.25, 0.3) is 0 Å². The van der Waals surface area contributed by atoms with Crippen molar-refractivity contribution >= 4 is 61.0 Å². The molecule has 2 aromatic carbocycles. The number of anilines is 2. The van der Waals surface area contributed by atoms with E-state index >= 15 is 0 Å². The van der Waals surface area contributed by atoms with Gasteiger partial charge in [-0.3, -0.25) is 19.3 Å². The molecule has 0 aromatic heterocycles. The number of carbonyl (C=O) groups excluding carboxylic acids is 3. The van der Waals surface area contributed by atoms with Gasteiger partial charge in [-0.1, -0.05) is 56.1 Å². The molecule has 2 aromatic rings. The molecule has 3 amide bonds. The summed E-state index contributed by atoms with van der Waals surface area (Å²) in [4.78, 5) is 40.9. The fraction of sp³-hybridized carbons (Fsp3) is 0.348. The monoisotopic (exact) mass is 530 g/mol. The quantitative estimate of drug-likeness (QED) is 0.467. The zero-order valence-electron chi connectivity index (χ0n) is 16.2. The Morgan fingerprint density at radius 2 is 1.60 bits per heavy atom. The molecule has 5 rings (SSSR count). The van der Waals surface area contributed by atoms with Crippen molar-refractivity contribution in [1.29, 1.82) is 0 Å². The van der Waals surface area contributed by atoms with E-state index in [0.29, 0.717) is 11.3 Å². The number of amides is 3. The highest BCUT2D eigenvalue weighted by molar-refractivity contribution is 9.12. The van der Waals surface area contributed by atoms with E-state index in [1.54, 1.807) is 24.3 Å². The predicted molar refractivity (Wildman–Crippen MR) is 122 cm³/mol. The smallest absolute Gasteiger partial charge is 0.255 e. The number of fused-ring (bicyclic) bond motifs is 5. The van der Waals surface area contributed by atoms with Gasteiger partial charge in [0.25, 0.3) is 5.91 Å². The SMILES string of the molecule is Cc1ccccc1NC(=O)c1cccc(N2C(=O)[C@@H]3[C@H]4C[C@@H]([C@H](Br)[C@H]4Br)[C@@H]3C2=O)c1. The van der Waals surface area contributed by atoms with Crippen LogP contribution in [0.15, 0.2) is 48.5 Å². The first-order valence-corrected chi connectivity index (χ1v) is 11.8. The highest BCUT2D eigenvalue weighted by atomic mass is 79.9. The van der Waals surface area contributed by atoms with E-state index in [-0.39, 0.29) is 51.0 Å². The highest BCUT2D eigenvalue weighted by Gasteiger charge is 2.66. The van der Waals surface area contributed by atoms with Crippen LogP contribution in [-0.4, -0.2) is 27.4 Å². The summed E-state index contributed by atoms with van der Waals surface area (Å²) in [5, 5.41) is 2.90. The van der Waals surface area contributed by atoms with Gasteiger partial charge in [-0.15, -0.1) is 0 Å². The van der Waals surface area contributed by atoms with E-state index < -0.39 is 0 Å². The first kappa shape index (κ1) is 19.9. The molecule has 3 aliphatic rings. The van der Waals surface area contributed by atoms with Gasteiger partial charge < -0.3 is 5.32 Å². The van der Waals surface area contributed by atoms with Crippen LogP contribution < -0.4 is 10.2 Å². The summed E-state index contributed by atoms with van der Waals surface area (Å²) in [5.41, 5.74) is 2.57. The summed E-state index contributed by atoms with van der Waals surface area (Å²) < 4.78 is 0. The summed E-state index contributed by atoms with van der Waals surface area (Å²) in [7, 11) is 0. The number of nitrogens with zero attached hydrogens (tertiary/aromatic N) is 1. The highest BCUT2D eigenvalue weighted by Crippen LogP contribution is 2.60. The zero-order valence-corrected chi connectivity index (χ0v) is 19.4.